The molecular weight excluding hydrogens is 414 g/mol. The minimum Gasteiger partial charge on any atom is -0.343 e. The molecule has 3 aromatic rings. The van der Waals surface area contributed by atoms with Crippen molar-refractivity contribution in [2.24, 2.45) is 5.92 Å². The zero-order valence-electron chi connectivity index (χ0n) is 19.8. The number of amides is 2. The first-order valence-electron chi connectivity index (χ1n) is 11.7. The molecule has 0 spiro atoms. The van der Waals surface area contributed by atoms with Crippen molar-refractivity contribution in [3.05, 3.63) is 60.6 Å². The summed E-state index contributed by atoms with van der Waals surface area (Å²) in [5, 5.41) is 7.07. The number of pyridine rings is 1. The van der Waals surface area contributed by atoms with Crippen molar-refractivity contribution in [2.75, 3.05) is 13.6 Å². The SMILES string of the molecule is CN[C@@H](C)C(=O)N[C@H](C(=O)N1CCC[C@H]1c1cncc(-n2ccc3ccccc32)c1)C(C)C. The van der Waals surface area contributed by atoms with E-state index in [-0.39, 0.29) is 29.8 Å². The smallest absolute Gasteiger partial charge is 0.245 e. The Balaban J connectivity index is 1.60. The molecule has 1 fully saturated rings. The second-order valence-corrected chi connectivity index (χ2v) is 9.15. The number of likely N-dealkylation sites (N-methyl/N-ethyl adjacent to an activating group) is 1. The van der Waals surface area contributed by atoms with Gasteiger partial charge in [0.1, 0.15) is 6.04 Å². The van der Waals surface area contributed by atoms with Crippen LogP contribution in [0.1, 0.15) is 45.2 Å². The van der Waals surface area contributed by atoms with Gasteiger partial charge in [-0.05, 0) is 61.9 Å². The number of rotatable bonds is 7. The Hall–Kier alpha value is -3.19. The average molecular weight is 448 g/mol. The van der Waals surface area contributed by atoms with Crippen LogP contribution in [0.3, 0.4) is 0 Å². The molecule has 0 radical (unpaired) electrons. The fourth-order valence-electron chi connectivity index (χ4n) is 4.55. The van der Waals surface area contributed by atoms with Crippen LogP contribution >= 0.6 is 0 Å². The molecule has 2 amide bonds. The van der Waals surface area contributed by atoms with E-state index < -0.39 is 6.04 Å². The van der Waals surface area contributed by atoms with Gasteiger partial charge in [-0.2, -0.15) is 0 Å². The van der Waals surface area contributed by atoms with Crippen LogP contribution in [0, 0.1) is 5.92 Å². The molecule has 3 heterocycles. The number of para-hydroxylation sites is 1. The van der Waals surface area contributed by atoms with Crippen LogP contribution in [0.15, 0.2) is 55.0 Å². The van der Waals surface area contributed by atoms with Gasteiger partial charge in [0, 0.05) is 18.9 Å². The van der Waals surface area contributed by atoms with Gasteiger partial charge < -0.3 is 20.1 Å². The van der Waals surface area contributed by atoms with E-state index >= 15 is 0 Å². The third kappa shape index (κ3) is 4.64. The van der Waals surface area contributed by atoms with Gasteiger partial charge in [0.15, 0.2) is 0 Å². The van der Waals surface area contributed by atoms with Crippen molar-refractivity contribution < 1.29 is 9.59 Å². The molecule has 1 aliphatic rings. The lowest BCUT2D eigenvalue weighted by atomic mass is 10.00. The molecule has 1 saturated heterocycles. The van der Waals surface area contributed by atoms with Crippen LogP contribution in [0.2, 0.25) is 0 Å². The highest BCUT2D eigenvalue weighted by Gasteiger charge is 2.36. The third-order valence-corrected chi connectivity index (χ3v) is 6.60. The summed E-state index contributed by atoms with van der Waals surface area (Å²) in [5.74, 6) is -0.202. The molecule has 2 N–H and O–H groups in total. The van der Waals surface area contributed by atoms with E-state index in [0.29, 0.717) is 6.54 Å². The standard InChI is InChI=1S/C26H33N5O2/c1-17(2)24(29-25(32)18(3)27-4)26(33)31-12-7-10-23(31)20-14-21(16-28-15-20)30-13-11-19-8-5-6-9-22(19)30/h5-6,8-9,11,13-18,23-24,27H,7,10,12H2,1-4H3,(H,29,32)/t18-,23-,24-/m0/s1. The van der Waals surface area contributed by atoms with Crippen molar-refractivity contribution in [1.82, 2.24) is 25.1 Å². The highest BCUT2D eigenvalue weighted by Crippen LogP contribution is 2.34. The van der Waals surface area contributed by atoms with Gasteiger partial charge in [0.25, 0.3) is 0 Å². The van der Waals surface area contributed by atoms with E-state index in [9.17, 15) is 9.59 Å². The number of hydrogen-bond acceptors (Lipinski definition) is 4. The van der Waals surface area contributed by atoms with Crippen molar-refractivity contribution >= 4 is 22.7 Å². The van der Waals surface area contributed by atoms with Crippen LogP contribution in [0.25, 0.3) is 16.6 Å². The zero-order valence-corrected chi connectivity index (χ0v) is 19.8. The summed E-state index contributed by atoms with van der Waals surface area (Å²) < 4.78 is 2.13. The molecule has 7 nitrogen and oxygen atoms in total. The van der Waals surface area contributed by atoms with Gasteiger partial charge in [0.2, 0.25) is 11.8 Å². The van der Waals surface area contributed by atoms with Gasteiger partial charge in [-0.25, -0.2) is 0 Å². The van der Waals surface area contributed by atoms with Crippen molar-refractivity contribution in [2.45, 2.75) is 51.7 Å². The summed E-state index contributed by atoms with van der Waals surface area (Å²) in [6.07, 6.45) is 7.58. The van der Waals surface area contributed by atoms with E-state index in [0.717, 1.165) is 29.6 Å². The Morgan fingerprint density at radius 3 is 2.67 bits per heavy atom. The van der Waals surface area contributed by atoms with Crippen LogP contribution < -0.4 is 10.6 Å². The molecular formula is C26H33N5O2. The second-order valence-electron chi connectivity index (χ2n) is 9.15. The molecule has 0 saturated carbocycles. The molecule has 1 aromatic carbocycles. The van der Waals surface area contributed by atoms with Gasteiger partial charge in [-0.1, -0.05) is 32.0 Å². The molecule has 174 valence electrons. The van der Waals surface area contributed by atoms with E-state index in [1.54, 1.807) is 14.0 Å². The fraction of sp³-hybridized carbons (Fsp3) is 0.423. The topological polar surface area (TPSA) is 79.3 Å². The molecule has 7 heteroatoms. The summed E-state index contributed by atoms with van der Waals surface area (Å²) in [7, 11) is 1.74. The van der Waals surface area contributed by atoms with E-state index in [1.165, 1.54) is 5.39 Å². The van der Waals surface area contributed by atoms with E-state index in [4.69, 9.17) is 0 Å². The van der Waals surface area contributed by atoms with Crippen LogP contribution in [0.4, 0.5) is 0 Å². The maximum absolute atomic E-state index is 13.6. The number of hydrogen-bond donors (Lipinski definition) is 2. The van der Waals surface area contributed by atoms with Crippen LogP contribution in [0.5, 0.6) is 0 Å². The number of benzene rings is 1. The molecule has 33 heavy (non-hydrogen) atoms. The quantitative estimate of drug-likeness (QED) is 0.582. The Bertz CT molecular complexity index is 1140. The molecule has 0 aliphatic carbocycles. The van der Waals surface area contributed by atoms with Crippen molar-refractivity contribution in [1.29, 1.82) is 0 Å². The molecule has 0 bridgehead atoms. The first kappa shape index (κ1) is 23.0. The number of fused-ring (bicyclic) bond motifs is 1. The van der Waals surface area contributed by atoms with Gasteiger partial charge in [-0.15, -0.1) is 0 Å². The first-order valence-corrected chi connectivity index (χ1v) is 11.7. The van der Waals surface area contributed by atoms with Crippen LogP contribution in [-0.4, -0.2) is 51.9 Å². The van der Waals surface area contributed by atoms with E-state index in [2.05, 4.69) is 50.6 Å². The summed E-state index contributed by atoms with van der Waals surface area (Å²) in [6.45, 7) is 6.41. The Kier molecular flexibility index (Phi) is 6.79. The lowest BCUT2D eigenvalue weighted by Gasteiger charge is -2.32. The maximum atomic E-state index is 13.6. The van der Waals surface area contributed by atoms with Crippen molar-refractivity contribution in [3.63, 3.8) is 0 Å². The summed E-state index contributed by atoms with van der Waals surface area (Å²) in [6, 6.07) is 11.5. The highest BCUT2D eigenvalue weighted by atomic mass is 16.2. The van der Waals surface area contributed by atoms with Crippen LogP contribution in [-0.2, 0) is 9.59 Å². The number of nitrogens with one attached hydrogen (secondary N) is 2. The lowest BCUT2D eigenvalue weighted by molar-refractivity contribution is -0.138. The van der Waals surface area contributed by atoms with Crippen molar-refractivity contribution in [3.8, 4) is 5.69 Å². The zero-order chi connectivity index (χ0) is 23.5. The van der Waals surface area contributed by atoms with Gasteiger partial charge >= 0.3 is 0 Å². The number of aromatic nitrogens is 2. The minimum atomic E-state index is -0.557. The number of likely N-dealkylation sites (tertiary alicyclic amines) is 1. The number of nitrogens with zero attached hydrogens (tertiary/aromatic N) is 3. The maximum Gasteiger partial charge on any atom is 0.245 e. The monoisotopic (exact) mass is 447 g/mol. The molecule has 4 rings (SSSR count). The third-order valence-electron chi connectivity index (χ3n) is 6.60. The molecule has 1 aliphatic heterocycles. The Morgan fingerprint density at radius 2 is 1.91 bits per heavy atom. The Morgan fingerprint density at radius 1 is 1.12 bits per heavy atom. The highest BCUT2D eigenvalue weighted by molar-refractivity contribution is 5.90. The Labute approximate surface area is 195 Å². The molecule has 3 atom stereocenters. The fourth-order valence-corrected chi connectivity index (χ4v) is 4.55. The lowest BCUT2D eigenvalue weighted by Crippen LogP contribution is -2.54. The van der Waals surface area contributed by atoms with Gasteiger partial charge in [-0.3, -0.25) is 14.6 Å². The largest absolute Gasteiger partial charge is 0.343 e. The molecule has 0 unspecified atom stereocenters. The van der Waals surface area contributed by atoms with Gasteiger partial charge in [0.05, 0.1) is 29.5 Å². The number of carbonyl (C=O) groups excluding carboxylic acids is 2. The van der Waals surface area contributed by atoms with E-state index in [1.807, 2.05) is 43.3 Å². The summed E-state index contributed by atoms with van der Waals surface area (Å²) in [4.78, 5) is 32.5. The summed E-state index contributed by atoms with van der Waals surface area (Å²) in [5.41, 5.74) is 3.12. The predicted octanol–water partition coefficient (Wildman–Crippen LogP) is 3.44. The predicted molar refractivity (Wildman–Crippen MR) is 130 cm³/mol. The minimum absolute atomic E-state index is 0.0116. The second kappa shape index (κ2) is 9.75. The first-order chi connectivity index (χ1) is 15.9. The summed E-state index contributed by atoms with van der Waals surface area (Å²) >= 11 is 0. The molecule has 2 aromatic heterocycles. The average Bonchev–Trinajstić information content (AvgIpc) is 3.49. The number of carbonyl (C=O) groups is 2. The normalized spacial score (nSPS) is 18.0.